The van der Waals surface area contributed by atoms with E-state index in [-0.39, 0.29) is 17.3 Å². The van der Waals surface area contributed by atoms with Crippen LogP contribution in [0.3, 0.4) is 0 Å². The van der Waals surface area contributed by atoms with Gasteiger partial charge in [0.25, 0.3) is 0 Å². The van der Waals surface area contributed by atoms with Gasteiger partial charge in [-0.15, -0.1) is 0 Å². The van der Waals surface area contributed by atoms with Crippen LogP contribution in [0.1, 0.15) is 16.7 Å². The molecule has 0 saturated heterocycles. The third-order valence-corrected chi connectivity index (χ3v) is 4.37. The summed E-state index contributed by atoms with van der Waals surface area (Å²) in [5.41, 5.74) is 2.11. The quantitative estimate of drug-likeness (QED) is 0.934. The van der Waals surface area contributed by atoms with Gasteiger partial charge in [0, 0.05) is 5.56 Å². The molecule has 3 nitrogen and oxygen atoms in total. The number of phenols is 1. The monoisotopic (exact) mass is 276 g/mol. The molecule has 2 rings (SSSR count). The summed E-state index contributed by atoms with van der Waals surface area (Å²) in [6.07, 6.45) is 0. The lowest BCUT2D eigenvalue weighted by Gasteiger charge is -2.07. The lowest BCUT2D eigenvalue weighted by atomic mass is 10.1. The highest BCUT2D eigenvalue weighted by Gasteiger charge is 2.15. The molecule has 0 atom stereocenters. The number of sulfone groups is 1. The zero-order valence-corrected chi connectivity index (χ0v) is 11.5. The van der Waals surface area contributed by atoms with Crippen molar-refractivity contribution >= 4 is 9.84 Å². The van der Waals surface area contributed by atoms with Crippen molar-refractivity contribution in [3.8, 4) is 5.75 Å². The van der Waals surface area contributed by atoms with Crippen LogP contribution in [0, 0.1) is 6.92 Å². The van der Waals surface area contributed by atoms with Crippen molar-refractivity contribution in [3.05, 3.63) is 65.2 Å². The molecule has 0 heterocycles. The number of hydrogen-bond donors (Lipinski definition) is 1. The molecule has 0 aromatic heterocycles. The second-order valence-corrected chi connectivity index (χ2v) is 6.71. The number of phenolic OH excluding ortho intramolecular Hbond substituents is 1. The summed E-state index contributed by atoms with van der Waals surface area (Å²) in [6.45, 7) is 1.85. The summed E-state index contributed by atoms with van der Waals surface area (Å²) in [5.74, 6) is -0.119. The molecule has 0 aliphatic carbocycles. The minimum absolute atomic E-state index is 0.0127. The lowest BCUT2D eigenvalue weighted by Crippen LogP contribution is -2.07. The normalized spacial score (nSPS) is 11.4. The van der Waals surface area contributed by atoms with Gasteiger partial charge in [0.1, 0.15) is 5.75 Å². The smallest absolute Gasteiger partial charge is 0.158 e. The molecule has 0 aliphatic rings. The summed E-state index contributed by atoms with van der Waals surface area (Å²) in [7, 11) is -3.28. The van der Waals surface area contributed by atoms with Gasteiger partial charge in [-0.2, -0.15) is 0 Å². The Morgan fingerprint density at radius 3 is 2.32 bits per heavy atom. The molecule has 0 spiro atoms. The highest BCUT2D eigenvalue weighted by atomic mass is 32.2. The molecule has 0 bridgehead atoms. The summed E-state index contributed by atoms with van der Waals surface area (Å²) in [5, 5.41) is 9.76. The first-order valence-corrected chi connectivity index (χ1v) is 7.81. The van der Waals surface area contributed by atoms with Gasteiger partial charge in [0.05, 0.1) is 11.5 Å². The Morgan fingerprint density at radius 1 is 1.00 bits per heavy atom. The van der Waals surface area contributed by atoms with Crippen LogP contribution >= 0.6 is 0 Å². The summed E-state index contributed by atoms with van der Waals surface area (Å²) in [4.78, 5) is 0. The van der Waals surface area contributed by atoms with E-state index in [1.165, 1.54) is 0 Å². The van der Waals surface area contributed by atoms with Crippen molar-refractivity contribution < 1.29 is 13.5 Å². The Bertz CT molecular complexity index is 661. The molecule has 19 heavy (non-hydrogen) atoms. The Balaban J connectivity index is 2.17. The minimum atomic E-state index is -3.28. The van der Waals surface area contributed by atoms with Crippen molar-refractivity contribution in [2.45, 2.75) is 18.4 Å². The molecule has 4 heteroatoms. The number of aromatic hydroxyl groups is 1. The Labute approximate surface area is 113 Å². The van der Waals surface area contributed by atoms with Gasteiger partial charge >= 0.3 is 0 Å². The van der Waals surface area contributed by atoms with E-state index in [1.807, 2.05) is 25.1 Å². The zero-order valence-electron chi connectivity index (χ0n) is 10.7. The number of aryl methyl sites for hydroxylation is 1. The van der Waals surface area contributed by atoms with E-state index < -0.39 is 9.84 Å². The fourth-order valence-corrected chi connectivity index (χ4v) is 3.43. The van der Waals surface area contributed by atoms with Crippen LogP contribution < -0.4 is 0 Å². The molecule has 1 N–H and O–H groups in total. The first-order chi connectivity index (χ1) is 8.96. The SMILES string of the molecule is Cc1ccc(CS(=O)(=O)Cc2ccccc2)c(O)c1. The number of benzene rings is 2. The molecule has 100 valence electrons. The molecule has 0 amide bonds. The van der Waals surface area contributed by atoms with E-state index in [0.717, 1.165) is 11.1 Å². The van der Waals surface area contributed by atoms with Gasteiger partial charge in [0.15, 0.2) is 9.84 Å². The Hall–Kier alpha value is -1.81. The van der Waals surface area contributed by atoms with Crippen LogP contribution in [0.4, 0.5) is 0 Å². The molecular formula is C15H16O3S. The first-order valence-electron chi connectivity index (χ1n) is 5.99. The predicted octanol–water partition coefficient (Wildman–Crippen LogP) is 2.82. The maximum atomic E-state index is 12.1. The van der Waals surface area contributed by atoms with Gasteiger partial charge in [0.2, 0.25) is 0 Å². The highest BCUT2D eigenvalue weighted by molar-refractivity contribution is 7.89. The van der Waals surface area contributed by atoms with Gasteiger partial charge < -0.3 is 5.11 Å². The average Bonchev–Trinajstić information content (AvgIpc) is 2.33. The third kappa shape index (κ3) is 3.83. The van der Waals surface area contributed by atoms with E-state index in [1.54, 1.807) is 30.3 Å². The third-order valence-electron chi connectivity index (χ3n) is 2.85. The minimum Gasteiger partial charge on any atom is -0.508 e. The maximum Gasteiger partial charge on any atom is 0.158 e. The maximum absolute atomic E-state index is 12.1. The summed E-state index contributed by atoms with van der Waals surface area (Å²) < 4.78 is 24.2. The largest absolute Gasteiger partial charge is 0.508 e. The number of hydrogen-bond acceptors (Lipinski definition) is 3. The standard InChI is InChI=1S/C15H16O3S/c1-12-7-8-14(15(16)9-12)11-19(17,18)10-13-5-3-2-4-6-13/h2-9,16H,10-11H2,1H3. The molecule has 0 saturated carbocycles. The molecule has 2 aromatic carbocycles. The fraction of sp³-hybridized carbons (Fsp3) is 0.200. The molecule has 0 aliphatic heterocycles. The van der Waals surface area contributed by atoms with E-state index in [0.29, 0.717) is 5.56 Å². The van der Waals surface area contributed by atoms with Crippen molar-refractivity contribution in [3.63, 3.8) is 0 Å². The van der Waals surface area contributed by atoms with Crippen molar-refractivity contribution in [2.75, 3.05) is 0 Å². The van der Waals surface area contributed by atoms with E-state index in [2.05, 4.69) is 0 Å². The zero-order chi connectivity index (χ0) is 13.9. The lowest BCUT2D eigenvalue weighted by molar-refractivity contribution is 0.469. The average molecular weight is 276 g/mol. The molecular weight excluding hydrogens is 260 g/mol. The first kappa shape index (κ1) is 13.6. The van der Waals surface area contributed by atoms with Crippen LogP contribution in [-0.4, -0.2) is 13.5 Å². The van der Waals surface area contributed by atoms with Crippen LogP contribution in [0.5, 0.6) is 5.75 Å². The summed E-state index contributed by atoms with van der Waals surface area (Å²) >= 11 is 0. The Kier molecular flexibility index (Phi) is 3.90. The van der Waals surface area contributed by atoms with Gasteiger partial charge in [-0.25, -0.2) is 8.42 Å². The predicted molar refractivity (Wildman–Crippen MR) is 75.6 cm³/mol. The van der Waals surface area contributed by atoms with Crippen molar-refractivity contribution in [2.24, 2.45) is 0 Å². The fourth-order valence-electron chi connectivity index (χ4n) is 1.91. The Morgan fingerprint density at radius 2 is 1.68 bits per heavy atom. The van der Waals surface area contributed by atoms with E-state index in [4.69, 9.17) is 0 Å². The van der Waals surface area contributed by atoms with Crippen LogP contribution in [0.25, 0.3) is 0 Å². The van der Waals surface area contributed by atoms with Crippen molar-refractivity contribution in [1.29, 1.82) is 0 Å². The van der Waals surface area contributed by atoms with Gasteiger partial charge in [-0.3, -0.25) is 0 Å². The van der Waals surface area contributed by atoms with Crippen molar-refractivity contribution in [1.82, 2.24) is 0 Å². The second-order valence-electron chi connectivity index (χ2n) is 4.65. The van der Waals surface area contributed by atoms with Gasteiger partial charge in [-0.1, -0.05) is 42.5 Å². The summed E-state index contributed by atoms with van der Waals surface area (Å²) in [6, 6.07) is 14.1. The number of rotatable bonds is 4. The molecule has 0 unspecified atom stereocenters. The van der Waals surface area contributed by atoms with E-state index in [9.17, 15) is 13.5 Å². The molecule has 0 radical (unpaired) electrons. The van der Waals surface area contributed by atoms with Gasteiger partial charge in [-0.05, 0) is 24.1 Å². The van der Waals surface area contributed by atoms with E-state index >= 15 is 0 Å². The second kappa shape index (κ2) is 5.45. The van der Waals surface area contributed by atoms with Crippen LogP contribution in [0.2, 0.25) is 0 Å². The topological polar surface area (TPSA) is 54.4 Å². The molecule has 0 fully saturated rings. The van der Waals surface area contributed by atoms with Crippen LogP contribution in [0.15, 0.2) is 48.5 Å². The van der Waals surface area contributed by atoms with Crippen LogP contribution in [-0.2, 0) is 21.3 Å². The highest BCUT2D eigenvalue weighted by Crippen LogP contribution is 2.22. The molecule has 2 aromatic rings.